The van der Waals surface area contributed by atoms with Gasteiger partial charge in [0, 0.05) is 5.56 Å². The molecule has 0 saturated heterocycles. The summed E-state index contributed by atoms with van der Waals surface area (Å²) in [5.41, 5.74) is 1.09. The lowest BCUT2D eigenvalue weighted by atomic mass is 9.61. The average Bonchev–Trinajstić information content (AvgIpc) is 2.78. The van der Waals surface area contributed by atoms with E-state index in [9.17, 15) is 8.78 Å². The number of hydrogen-bond acceptors (Lipinski definition) is 0. The first-order valence-corrected chi connectivity index (χ1v) is 12.3. The molecule has 3 fully saturated rings. The van der Waals surface area contributed by atoms with Crippen molar-refractivity contribution in [3.05, 3.63) is 60.2 Å². The van der Waals surface area contributed by atoms with Crippen molar-refractivity contribution in [2.45, 2.75) is 83.0 Å². The van der Waals surface area contributed by atoms with Gasteiger partial charge in [-0.25, -0.2) is 8.78 Å². The van der Waals surface area contributed by atoms with E-state index in [1.165, 1.54) is 51.4 Å². The van der Waals surface area contributed by atoms with E-state index in [1.54, 1.807) is 18.2 Å². The van der Waals surface area contributed by atoms with Gasteiger partial charge in [0.15, 0.2) is 0 Å². The molecule has 1 aromatic rings. The van der Waals surface area contributed by atoms with Crippen LogP contribution in [-0.4, -0.2) is 0 Å². The highest BCUT2D eigenvalue weighted by Gasteiger charge is 2.38. The van der Waals surface area contributed by atoms with Gasteiger partial charge >= 0.3 is 0 Å². The summed E-state index contributed by atoms with van der Waals surface area (Å²) in [7, 11) is 0. The molecule has 4 rings (SSSR count). The van der Waals surface area contributed by atoms with Crippen molar-refractivity contribution < 1.29 is 8.78 Å². The van der Waals surface area contributed by atoms with Crippen molar-refractivity contribution in [1.29, 1.82) is 0 Å². The third-order valence-electron chi connectivity index (χ3n) is 8.70. The van der Waals surface area contributed by atoms with E-state index in [0.29, 0.717) is 18.8 Å². The number of rotatable bonds is 6. The van der Waals surface area contributed by atoms with Crippen LogP contribution in [0, 0.1) is 41.2 Å². The van der Waals surface area contributed by atoms with Crippen LogP contribution in [0.25, 0.3) is 0 Å². The van der Waals surface area contributed by atoms with Crippen LogP contribution in [0.5, 0.6) is 0 Å². The van der Waals surface area contributed by atoms with Gasteiger partial charge in [-0.15, -0.1) is 13.2 Å². The summed E-state index contributed by atoms with van der Waals surface area (Å²) < 4.78 is 29.0. The Morgan fingerprint density at radius 2 is 1.33 bits per heavy atom. The Morgan fingerprint density at radius 3 is 1.97 bits per heavy atom. The average molecular weight is 413 g/mol. The van der Waals surface area contributed by atoms with Crippen molar-refractivity contribution in [2.75, 3.05) is 0 Å². The first kappa shape index (κ1) is 21.8. The SMILES string of the molecule is C=CCCc1c(F)cc(C2CCC(C3CCC4CC(C=C)CCC4C3)CC2)cc1F. The standard InChI is InChI=1S/C28H38F2/c1-3-5-6-26-27(29)17-25(18-28(26)30)21-11-9-20(10-12-21)23-14-13-22-15-19(4-2)7-8-24(22)16-23/h3-4,17-24H,1-2,5-16H2. The molecule has 3 aliphatic rings. The lowest BCUT2D eigenvalue weighted by Crippen LogP contribution is -2.34. The highest BCUT2D eigenvalue weighted by atomic mass is 19.1. The van der Waals surface area contributed by atoms with Gasteiger partial charge in [-0.2, -0.15) is 0 Å². The van der Waals surface area contributed by atoms with Crippen LogP contribution < -0.4 is 0 Å². The van der Waals surface area contributed by atoms with Gasteiger partial charge in [0.05, 0.1) is 0 Å². The summed E-state index contributed by atoms with van der Waals surface area (Å²) in [6.07, 6.45) is 17.8. The van der Waals surface area contributed by atoms with E-state index in [4.69, 9.17) is 0 Å². The van der Waals surface area contributed by atoms with Gasteiger partial charge in [0.25, 0.3) is 0 Å². The Morgan fingerprint density at radius 1 is 0.767 bits per heavy atom. The zero-order chi connectivity index (χ0) is 21.1. The van der Waals surface area contributed by atoms with E-state index in [0.717, 1.165) is 48.0 Å². The van der Waals surface area contributed by atoms with Crippen molar-refractivity contribution in [3.8, 4) is 0 Å². The molecule has 0 aliphatic heterocycles. The first-order valence-electron chi connectivity index (χ1n) is 12.3. The molecule has 0 aromatic heterocycles. The zero-order valence-electron chi connectivity index (χ0n) is 18.4. The molecule has 0 nitrogen and oxygen atoms in total. The minimum atomic E-state index is -0.373. The largest absolute Gasteiger partial charge is 0.207 e. The molecule has 3 aliphatic carbocycles. The van der Waals surface area contributed by atoms with Crippen molar-refractivity contribution >= 4 is 0 Å². The van der Waals surface area contributed by atoms with Crippen LogP contribution in [0.2, 0.25) is 0 Å². The summed E-state index contributed by atoms with van der Waals surface area (Å²) in [4.78, 5) is 0. The van der Waals surface area contributed by atoms with E-state index < -0.39 is 0 Å². The second-order valence-corrected chi connectivity index (χ2v) is 10.3. The molecule has 4 unspecified atom stereocenters. The van der Waals surface area contributed by atoms with Crippen molar-refractivity contribution in [3.63, 3.8) is 0 Å². The first-order chi connectivity index (χ1) is 14.6. The smallest absolute Gasteiger partial charge is 0.129 e. The Hall–Kier alpha value is -1.44. The molecular formula is C28H38F2. The molecule has 2 heteroatoms. The van der Waals surface area contributed by atoms with Gasteiger partial charge in [0.1, 0.15) is 11.6 Å². The predicted octanol–water partition coefficient (Wildman–Crippen LogP) is 8.38. The minimum absolute atomic E-state index is 0.218. The molecule has 0 bridgehead atoms. The van der Waals surface area contributed by atoms with Gasteiger partial charge in [-0.05, 0) is 130 Å². The lowest BCUT2D eigenvalue weighted by molar-refractivity contribution is 0.0719. The van der Waals surface area contributed by atoms with Crippen LogP contribution >= 0.6 is 0 Å². The topological polar surface area (TPSA) is 0 Å². The Balaban J connectivity index is 1.32. The maximum atomic E-state index is 14.5. The lowest BCUT2D eigenvalue weighted by Gasteiger charge is -2.45. The molecule has 1 aromatic carbocycles. The molecule has 0 amide bonds. The highest BCUT2D eigenvalue weighted by molar-refractivity contribution is 5.29. The van der Waals surface area contributed by atoms with Crippen LogP contribution in [0.3, 0.4) is 0 Å². The predicted molar refractivity (Wildman–Crippen MR) is 121 cm³/mol. The van der Waals surface area contributed by atoms with E-state index in [2.05, 4.69) is 19.2 Å². The summed E-state index contributed by atoms with van der Waals surface area (Å²) in [5.74, 6) is 3.89. The summed E-state index contributed by atoms with van der Waals surface area (Å²) >= 11 is 0. The molecule has 0 N–H and O–H groups in total. The molecule has 0 radical (unpaired) electrons. The molecule has 0 spiro atoms. The normalized spacial score (nSPS) is 34.2. The fourth-order valence-electron chi connectivity index (χ4n) is 6.87. The Labute approximate surface area is 181 Å². The van der Waals surface area contributed by atoms with E-state index >= 15 is 0 Å². The second kappa shape index (κ2) is 9.79. The molecule has 3 saturated carbocycles. The Bertz CT molecular complexity index is 720. The number of halogens is 2. The highest BCUT2D eigenvalue weighted by Crippen LogP contribution is 2.50. The number of fused-ring (bicyclic) bond motifs is 1. The second-order valence-electron chi connectivity index (χ2n) is 10.3. The molecule has 30 heavy (non-hydrogen) atoms. The fourth-order valence-corrected chi connectivity index (χ4v) is 6.87. The van der Waals surface area contributed by atoms with E-state index in [-0.39, 0.29) is 17.2 Å². The summed E-state index contributed by atoms with van der Waals surface area (Å²) in [6, 6.07) is 3.21. The maximum absolute atomic E-state index is 14.5. The van der Waals surface area contributed by atoms with Gasteiger partial charge in [-0.1, -0.05) is 12.2 Å². The van der Waals surface area contributed by atoms with Crippen molar-refractivity contribution in [2.24, 2.45) is 29.6 Å². The zero-order valence-corrected chi connectivity index (χ0v) is 18.4. The van der Waals surface area contributed by atoms with Crippen LogP contribution in [0.4, 0.5) is 8.78 Å². The van der Waals surface area contributed by atoms with Crippen LogP contribution in [-0.2, 0) is 6.42 Å². The third kappa shape index (κ3) is 4.73. The maximum Gasteiger partial charge on any atom is 0.129 e. The van der Waals surface area contributed by atoms with E-state index in [1.807, 2.05) is 0 Å². The number of hydrogen-bond donors (Lipinski definition) is 0. The van der Waals surface area contributed by atoms with Gasteiger partial charge in [0.2, 0.25) is 0 Å². The third-order valence-corrected chi connectivity index (χ3v) is 8.70. The fraction of sp³-hybridized carbons (Fsp3) is 0.643. The monoisotopic (exact) mass is 412 g/mol. The number of benzene rings is 1. The molecule has 164 valence electrons. The molecule has 4 atom stereocenters. The van der Waals surface area contributed by atoms with Crippen LogP contribution in [0.15, 0.2) is 37.4 Å². The minimum Gasteiger partial charge on any atom is -0.207 e. The van der Waals surface area contributed by atoms with Gasteiger partial charge < -0.3 is 0 Å². The molecule has 0 heterocycles. The quantitative estimate of drug-likeness (QED) is 0.412. The Kier molecular flexibility index (Phi) is 7.11. The van der Waals surface area contributed by atoms with Gasteiger partial charge in [-0.3, -0.25) is 0 Å². The summed E-state index contributed by atoms with van der Waals surface area (Å²) in [6.45, 7) is 7.67. The molecular weight excluding hydrogens is 374 g/mol. The van der Waals surface area contributed by atoms with Crippen LogP contribution in [0.1, 0.15) is 87.7 Å². The number of allylic oxidation sites excluding steroid dienone is 2. The summed E-state index contributed by atoms with van der Waals surface area (Å²) in [5, 5.41) is 0. The van der Waals surface area contributed by atoms with Crippen molar-refractivity contribution in [1.82, 2.24) is 0 Å².